The Balaban J connectivity index is 1.75. The summed E-state index contributed by atoms with van der Waals surface area (Å²) in [6, 6.07) is 24.3. The smallest absolute Gasteiger partial charge is 0.344 e. The number of hydrogen-bond acceptors (Lipinski definition) is 3. The van der Waals surface area contributed by atoms with Crippen molar-refractivity contribution in [1.82, 2.24) is 9.97 Å². The highest BCUT2D eigenvalue weighted by atomic mass is 31.2. The molecule has 0 spiro atoms. The molecule has 0 fully saturated rings. The van der Waals surface area contributed by atoms with Gasteiger partial charge in [0.2, 0.25) is 0 Å². The highest BCUT2D eigenvalue weighted by Crippen LogP contribution is 2.38. The third-order valence-corrected chi connectivity index (χ3v) is 5.84. The zero-order chi connectivity index (χ0) is 21.4. The van der Waals surface area contributed by atoms with Gasteiger partial charge in [0, 0.05) is 23.3 Å². The van der Waals surface area contributed by atoms with Crippen molar-refractivity contribution in [2.75, 3.05) is 11.6 Å². The lowest BCUT2D eigenvalue weighted by atomic mass is 9.93. The Morgan fingerprint density at radius 3 is 2.52 bits per heavy atom. The van der Waals surface area contributed by atoms with Gasteiger partial charge in [0.15, 0.2) is 0 Å². The molecule has 0 aliphatic rings. The fourth-order valence-corrected chi connectivity index (χ4v) is 4.22. The zero-order valence-corrected chi connectivity index (χ0v) is 17.4. The molecule has 7 heteroatoms. The average molecular weight is 429 g/mol. The summed E-state index contributed by atoms with van der Waals surface area (Å²) in [6.45, 7) is 0. The van der Waals surface area contributed by atoms with Gasteiger partial charge in [0.1, 0.15) is 12.1 Å². The first-order valence-corrected chi connectivity index (χ1v) is 11.6. The minimum atomic E-state index is -4.19. The Hall–Kier alpha value is -3.44. The van der Waals surface area contributed by atoms with E-state index >= 15 is 0 Å². The van der Waals surface area contributed by atoms with Gasteiger partial charge in [-0.3, -0.25) is 4.57 Å². The number of hydrogen-bond donors (Lipinski definition) is 4. The molecule has 4 N–H and O–H groups in total. The van der Waals surface area contributed by atoms with Crippen LogP contribution in [0.5, 0.6) is 0 Å². The summed E-state index contributed by atoms with van der Waals surface area (Å²) in [7, 11) is -4.19. The Labute approximate surface area is 178 Å². The molecule has 0 saturated heterocycles. The van der Waals surface area contributed by atoms with Gasteiger partial charge in [-0.15, -0.1) is 0 Å². The van der Waals surface area contributed by atoms with Crippen molar-refractivity contribution in [3.05, 3.63) is 85.2 Å². The molecule has 0 aliphatic heterocycles. The number of aromatic amines is 1. The number of rotatable bonds is 5. The van der Waals surface area contributed by atoms with Gasteiger partial charge < -0.3 is 20.1 Å². The van der Waals surface area contributed by atoms with Crippen molar-refractivity contribution >= 4 is 35.1 Å². The van der Waals surface area contributed by atoms with E-state index in [1.807, 2.05) is 42.7 Å². The summed E-state index contributed by atoms with van der Waals surface area (Å²) >= 11 is 0. The van der Waals surface area contributed by atoms with Gasteiger partial charge in [-0.05, 0) is 57.8 Å². The highest BCUT2D eigenvalue weighted by molar-refractivity contribution is 7.51. The fourth-order valence-electron chi connectivity index (χ4n) is 3.85. The molecular weight excluding hydrogens is 409 g/mol. The summed E-state index contributed by atoms with van der Waals surface area (Å²) in [5.41, 5.74) is 4.93. The van der Waals surface area contributed by atoms with Crippen LogP contribution in [0.4, 0.5) is 5.82 Å². The van der Waals surface area contributed by atoms with E-state index in [1.54, 1.807) is 6.07 Å². The summed E-state index contributed by atoms with van der Waals surface area (Å²) in [6.07, 6.45) is 3.39. The summed E-state index contributed by atoms with van der Waals surface area (Å²) < 4.78 is 11.3. The molecular formula is C24H20N3O3P. The maximum atomic E-state index is 11.3. The number of pyridine rings is 1. The summed E-state index contributed by atoms with van der Waals surface area (Å²) in [5, 5.41) is 5.96. The van der Waals surface area contributed by atoms with Gasteiger partial charge in [0.05, 0.1) is 5.52 Å². The van der Waals surface area contributed by atoms with E-state index in [0.29, 0.717) is 5.82 Å². The summed E-state index contributed by atoms with van der Waals surface area (Å²) in [4.78, 5) is 26.2. The second kappa shape index (κ2) is 7.67. The van der Waals surface area contributed by atoms with Crippen molar-refractivity contribution in [1.29, 1.82) is 0 Å². The molecule has 154 valence electrons. The molecule has 0 amide bonds. The topological polar surface area (TPSA) is 98.2 Å². The number of nitrogens with one attached hydrogen (secondary N) is 2. The molecule has 0 unspecified atom stereocenters. The highest BCUT2D eigenvalue weighted by Gasteiger charge is 2.15. The number of benzene rings is 3. The molecule has 2 heterocycles. The first-order valence-electron chi connectivity index (χ1n) is 9.82. The van der Waals surface area contributed by atoms with Crippen molar-refractivity contribution < 1.29 is 14.4 Å². The quantitative estimate of drug-likeness (QED) is 0.273. The largest absolute Gasteiger partial charge is 0.367 e. The number of nitrogens with zero attached hydrogens (tertiary/aromatic N) is 1. The van der Waals surface area contributed by atoms with Crippen LogP contribution < -0.4 is 5.32 Å². The first kappa shape index (κ1) is 19.5. The molecule has 3 aromatic carbocycles. The lowest BCUT2D eigenvalue weighted by Gasteiger charge is -2.14. The molecule has 0 saturated carbocycles. The van der Waals surface area contributed by atoms with Gasteiger partial charge in [-0.2, -0.15) is 0 Å². The average Bonchev–Trinajstić information content (AvgIpc) is 3.31. The van der Waals surface area contributed by atoms with E-state index in [0.717, 1.165) is 43.9 Å². The van der Waals surface area contributed by atoms with E-state index < -0.39 is 13.9 Å². The number of H-pyrrole nitrogens is 1. The van der Waals surface area contributed by atoms with Crippen LogP contribution in [0, 0.1) is 0 Å². The maximum absolute atomic E-state index is 11.3. The zero-order valence-electron chi connectivity index (χ0n) is 16.5. The SMILES string of the molecule is O=P(O)(O)CNc1ccc2cc(-c3cc[nH]c3)cc(-c3cccc4ccccc34)c2n1. The standard InChI is InChI=1S/C24H20N3O3P/c28-31(29,30)15-26-23-9-8-17-12-19(18-10-11-25-14-18)13-22(24(17)27-23)21-7-3-5-16-4-1-2-6-20(16)21/h1-14,25H,15H2,(H,26,27)(H2,28,29,30). The van der Waals surface area contributed by atoms with Gasteiger partial charge in [-0.1, -0.05) is 42.5 Å². The maximum Gasteiger partial charge on any atom is 0.344 e. The van der Waals surface area contributed by atoms with Crippen molar-refractivity contribution in [3.8, 4) is 22.3 Å². The van der Waals surface area contributed by atoms with Crippen LogP contribution in [0.2, 0.25) is 0 Å². The molecule has 0 bridgehead atoms. The number of anilines is 1. The second-order valence-electron chi connectivity index (χ2n) is 7.42. The van der Waals surface area contributed by atoms with E-state index in [1.165, 1.54) is 0 Å². The Morgan fingerprint density at radius 1 is 0.871 bits per heavy atom. The molecule has 31 heavy (non-hydrogen) atoms. The number of fused-ring (bicyclic) bond motifs is 2. The van der Waals surface area contributed by atoms with Crippen LogP contribution in [-0.4, -0.2) is 26.0 Å². The fraction of sp³-hybridized carbons (Fsp3) is 0.0417. The third kappa shape index (κ3) is 3.97. The molecule has 0 aliphatic carbocycles. The lowest BCUT2D eigenvalue weighted by Crippen LogP contribution is -2.04. The van der Waals surface area contributed by atoms with Gasteiger partial charge in [-0.25, -0.2) is 4.98 Å². The lowest BCUT2D eigenvalue weighted by molar-refractivity contribution is 0.375. The Morgan fingerprint density at radius 2 is 1.71 bits per heavy atom. The van der Waals surface area contributed by atoms with Crippen LogP contribution in [0.25, 0.3) is 43.9 Å². The second-order valence-corrected chi connectivity index (χ2v) is 9.06. The van der Waals surface area contributed by atoms with Crippen molar-refractivity contribution in [2.45, 2.75) is 0 Å². The molecule has 5 aromatic rings. The molecule has 0 radical (unpaired) electrons. The molecule has 0 atom stereocenters. The Kier molecular flexibility index (Phi) is 4.83. The Bertz CT molecular complexity index is 1440. The van der Waals surface area contributed by atoms with Crippen LogP contribution >= 0.6 is 7.60 Å². The number of aromatic nitrogens is 2. The van der Waals surface area contributed by atoms with Gasteiger partial charge >= 0.3 is 7.60 Å². The van der Waals surface area contributed by atoms with E-state index in [-0.39, 0.29) is 0 Å². The van der Waals surface area contributed by atoms with Crippen LogP contribution in [0.15, 0.2) is 85.2 Å². The first-order chi connectivity index (χ1) is 15.0. The van der Waals surface area contributed by atoms with Crippen molar-refractivity contribution in [3.63, 3.8) is 0 Å². The van der Waals surface area contributed by atoms with E-state index in [4.69, 9.17) is 4.98 Å². The molecule has 6 nitrogen and oxygen atoms in total. The molecule has 2 aromatic heterocycles. The van der Waals surface area contributed by atoms with Crippen LogP contribution in [-0.2, 0) is 4.57 Å². The van der Waals surface area contributed by atoms with Crippen LogP contribution in [0.3, 0.4) is 0 Å². The van der Waals surface area contributed by atoms with Gasteiger partial charge in [0.25, 0.3) is 0 Å². The predicted molar refractivity (Wildman–Crippen MR) is 125 cm³/mol. The predicted octanol–water partition coefficient (Wildman–Crippen LogP) is 5.60. The summed E-state index contributed by atoms with van der Waals surface area (Å²) in [5.74, 6) is 0.423. The molecule has 5 rings (SSSR count). The van der Waals surface area contributed by atoms with E-state index in [2.05, 4.69) is 46.7 Å². The van der Waals surface area contributed by atoms with E-state index in [9.17, 15) is 14.4 Å². The minimum Gasteiger partial charge on any atom is -0.367 e. The minimum absolute atomic E-state index is 0.423. The monoisotopic (exact) mass is 429 g/mol. The third-order valence-electron chi connectivity index (χ3n) is 5.27. The normalized spacial score (nSPS) is 11.8. The van der Waals surface area contributed by atoms with Crippen LogP contribution in [0.1, 0.15) is 0 Å². The van der Waals surface area contributed by atoms with Crippen molar-refractivity contribution in [2.24, 2.45) is 0 Å².